The maximum atomic E-state index is 6.46. The normalized spacial score (nSPS) is 12.8. The fraction of sp³-hybridized carbons (Fsp3) is 0.167. The van der Waals surface area contributed by atoms with Gasteiger partial charge in [0.15, 0.2) is 0 Å². The van der Waals surface area contributed by atoms with Gasteiger partial charge in [-0.15, -0.1) is 0 Å². The smallest absolute Gasteiger partial charge is 0.0400 e. The third-order valence-corrected chi connectivity index (χ3v) is 5.49. The lowest BCUT2D eigenvalue weighted by atomic mass is 9.80. The van der Waals surface area contributed by atoms with Crippen molar-refractivity contribution >= 4 is 48.8 Å². The molecule has 0 aliphatic rings. The summed E-state index contributed by atoms with van der Waals surface area (Å²) in [7, 11) is 0. The van der Waals surface area contributed by atoms with E-state index in [4.69, 9.17) is 5.73 Å². The Kier molecular flexibility index (Phi) is 2.69. The minimum Gasteiger partial charge on any atom is -0.398 e. The first-order chi connectivity index (χ1) is 12.0. The highest BCUT2D eigenvalue weighted by atomic mass is 14.6. The Morgan fingerprint density at radius 2 is 1.28 bits per heavy atom. The predicted molar refractivity (Wildman–Crippen MR) is 111 cm³/mol. The Bertz CT molecular complexity index is 1270. The van der Waals surface area contributed by atoms with Crippen molar-refractivity contribution in [3.05, 3.63) is 66.2 Å². The molecule has 0 saturated heterocycles. The van der Waals surface area contributed by atoms with Crippen LogP contribution >= 0.6 is 0 Å². The van der Waals surface area contributed by atoms with Crippen LogP contribution in [0.1, 0.15) is 26.3 Å². The van der Waals surface area contributed by atoms with Gasteiger partial charge in [-0.25, -0.2) is 0 Å². The first-order valence-electron chi connectivity index (χ1n) is 8.85. The third kappa shape index (κ3) is 1.84. The zero-order valence-corrected chi connectivity index (χ0v) is 14.9. The molecular weight excluding hydrogens is 302 g/mol. The molecule has 5 aromatic rings. The van der Waals surface area contributed by atoms with Gasteiger partial charge >= 0.3 is 0 Å². The number of anilines is 1. The Morgan fingerprint density at radius 1 is 0.600 bits per heavy atom. The number of nitrogen functional groups attached to an aromatic ring is 1. The average Bonchev–Trinajstić information content (AvgIpc) is 2.59. The average molecular weight is 323 g/mol. The Balaban J connectivity index is 2.18. The summed E-state index contributed by atoms with van der Waals surface area (Å²) in [6.45, 7) is 6.84. The lowest BCUT2D eigenvalue weighted by Gasteiger charge is -2.24. The van der Waals surface area contributed by atoms with Crippen LogP contribution in [0.4, 0.5) is 5.69 Å². The SMILES string of the molecule is CC(C)(C)c1ccc2c3c(N)ccc4cccc(c5cccc1c52)c43. The molecule has 122 valence electrons. The van der Waals surface area contributed by atoms with E-state index in [-0.39, 0.29) is 5.41 Å². The van der Waals surface area contributed by atoms with E-state index in [1.165, 1.54) is 48.7 Å². The predicted octanol–water partition coefficient (Wildman–Crippen LogP) is 6.62. The van der Waals surface area contributed by atoms with Gasteiger partial charge in [-0.2, -0.15) is 0 Å². The third-order valence-electron chi connectivity index (χ3n) is 5.49. The molecule has 0 aliphatic carbocycles. The van der Waals surface area contributed by atoms with Gasteiger partial charge in [0.05, 0.1) is 0 Å². The molecule has 0 aliphatic heterocycles. The van der Waals surface area contributed by atoms with Gasteiger partial charge in [-0.05, 0) is 54.7 Å². The van der Waals surface area contributed by atoms with Crippen molar-refractivity contribution in [1.29, 1.82) is 0 Å². The highest BCUT2D eigenvalue weighted by Crippen LogP contribution is 2.44. The first kappa shape index (κ1) is 14.5. The van der Waals surface area contributed by atoms with Crippen LogP contribution in [-0.2, 0) is 5.41 Å². The second-order valence-corrected chi connectivity index (χ2v) is 8.07. The minimum atomic E-state index is 0.103. The summed E-state index contributed by atoms with van der Waals surface area (Å²) >= 11 is 0. The second-order valence-electron chi connectivity index (χ2n) is 8.07. The highest BCUT2D eigenvalue weighted by Gasteiger charge is 2.20. The van der Waals surface area contributed by atoms with Crippen LogP contribution < -0.4 is 5.73 Å². The summed E-state index contributed by atoms with van der Waals surface area (Å²) in [6.07, 6.45) is 0. The fourth-order valence-corrected chi connectivity index (χ4v) is 4.40. The van der Waals surface area contributed by atoms with E-state index in [2.05, 4.69) is 75.4 Å². The van der Waals surface area contributed by atoms with Gasteiger partial charge in [-0.3, -0.25) is 0 Å². The minimum absolute atomic E-state index is 0.103. The molecule has 0 saturated carbocycles. The summed E-state index contributed by atoms with van der Waals surface area (Å²) in [6, 6.07) is 22.0. The zero-order valence-electron chi connectivity index (χ0n) is 14.9. The van der Waals surface area contributed by atoms with Crippen molar-refractivity contribution < 1.29 is 0 Å². The molecule has 2 N–H and O–H groups in total. The molecule has 5 aromatic carbocycles. The van der Waals surface area contributed by atoms with Crippen LogP contribution in [0, 0.1) is 0 Å². The van der Waals surface area contributed by atoms with Gasteiger partial charge in [0, 0.05) is 11.1 Å². The van der Waals surface area contributed by atoms with Crippen molar-refractivity contribution in [2.45, 2.75) is 26.2 Å². The summed E-state index contributed by atoms with van der Waals surface area (Å²) in [5.74, 6) is 0. The largest absolute Gasteiger partial charge is 0.398 e. The van der Waals surface area contributed by atoms with Crippen molar-refractivity contribution in [2.75, 3.05) is 5.73 Å². The van der Waals surface area contributed by atoms with Gasteiger partial charge in [0.2, 0.25) is 0 Å². The molecule has 5 rings (SSSR count). The lowest BCUT2D eigenvalue weighted by molar-refractivity contribution is 0.596. The van der Waals surface area contributed by atoms with Crippen LogP contribution in [0.25, 0.3) is 43.1 Å². The number of benzene rings is 5. The topological polar surface area (TPSA) is 26.0 Å². The van der Waals surface area contributed by atoms with E-state index in [0.717, 1.165) is 5.69 Å². The molecule has 0 bridgehead atoms. The highest BCUT2D eigenvalue weighted by molar-refractivity contribution is 6.35. The van der Waals surface area contributed by atoms with E-state index in [1.54, 1.807) is 0 Å². The van der Waals surface area contributed by atoms with E-state index in [1.807, 2.05) is 6.07 Å². The van der Waals surface area contributed by atoms with E-state index in [0.29, 0.717) is 0 Å². The molecule has 0 radical (unpaired) electrons. The number of hydrogen-bond donors (Lipinski definition) is 1. The Hall–Kier alpha value is -2.80. The van der Waals surface area contributed by atoms with Crippen molar-refractivity contribution in [2.24, 2.45) is 0 Å². The molecule has 1 heteroatoms. The molecule has 0 spiro atoms. The second kappa shape index (κ2) is 4.64. The molecule has 0 amide bonds. The van der Waals surface area contributed by atoms with E-state index < -0.39 is 0 Å². The molecule has 0 unspecified atom stereocenters. The first-order valence-corrected chi connectivity index (χ1v) is 8.85. The summed E-state index contributed by atoms with van der Waals surface area (Å²) in [4.78, 5) is 0. The number of rotatable bonds is 0. The van der Waals surface area contributed by atoms with Gasteiger partial charge in [-0.1, -0.05) is 75.4 Å². The molecule has 25 heavy (non-hydrogen) atoms. The summed E-state index contributed by atoms with van der Waals surface area (Å²) in [5, 5.41) is 10.3. The zero-order chi connectivity index (χ0) is 17.3. The van der Waals surface area contributed by atoms with Crippen LogP contribution in [0.2, 0.25) is 0 Å². The lowest BCUT2D eigenvalue weighted by Crippen LogP contribution is -2.11. The summed E-state index contributed by atoms with van der Waals surface area (Å²) < 4.78 is 0. The van der Waals surface area contributed by atoms with Gasteiger partial charge in [0.25, 0.3) is 0 Å². The maximum absolute atomic E-state index is 6.46. The van der Waals surface area contributed by atoms with E-state index in [9.17, 15) is 0 Å². The van der Waals surface area contributed by atoms with Crippen LogP contribution in [0.15, 0.2) is 60.7 Å². The number of hydrogen-bond acceptors (Lipinski definition) is 1. The van der Waals surface area contributed by atoms with Gasteiger partial charge in [0.1, 0.15) is 0 Å². The fourth-order valence-electron chi connectivity index (χ4n) is 4.40. The van der Waals surface area contributed by atoms with Crippen molar-refractivity contribution in [1.82, 2.24) is 0 Å². The van der Waals surface area contributed by atoms with Crippen molar-refractivity contribution in [3.63, 3.8) is 0 Å². The summed E-state index contributed by atoms with van der Waals surface area (Å²) in [5.41, 5.74) is 8.81. The van der Waals surface area contributed by atoms with E-state index >= 15 is 0 Å². The molecule has 0 heterocycles. The standard InChI is InChI=1S/C24H21N/c1-24(2,3)19-12-11-18-22-16(8-5-9-17(19)22)15-7-4-6-14-10-13-20(25)23(18)21(14)15/h4-13H,25H2,1-3H3. The Morgan fingerprint density at radius 3 is 2.04 bits per heavy atom. The molecule has 0 atom stereocenters. The van der Waals surface area contributed by atoms with Crippen LogP contribution in [-0.4, -0.2) is 0 Å². The van der Waals surface area contributed by atoms with Crippen molar-refractivity contribution in [3.8, 4) is 0 Å². The molecule has 1 nitrogen and oxygen atoms in total. The maximum Gasteiger partial charge on any atom is 0.0400 e. The molecule has 0 aromatic heterocycles. The molecular formula is C24H21N. The van der Waals surface area contributed by atoms with Crippen LogP contribution in [0.3, 0.4) is 0 Å². The van der Waals surface area contributed by atoms with Crippen LogP contribution in [0.5, 0.6) is 0 Å². The Labute approximate surface area is 147 Å². The monoisotopic (exact) mass is 323 g/mol. The molecule has 0 fully saturated rings. The number of fused-ring (bicyclic) bond motifs is 2. The quantitative estimate of drug-likeness (QED) is 0.193. The number of nitrogens with two attached hydrogens (primary N) is 1. The van der Waals surface area contributed by atoms with Gasteiger partial charge < -0.3 is 5.73 Å².